The predicted octanol–water partition coefficient (Wildman–Crippen LogP) is 2.33. The van der Waals surface area contributed by atoms with Crippen LogP contribution in [0.5, 0.6) is 5.75 Å². The molecule has 2 aliphatic rings. The molecule has 0 radical (unpaired) electrons. The van der Waals surface area contributed by atoms with E-state index in [1.165, 1.54) is 0 Å². The molecule has 1 atom stereocenters. The first-order valence-electron chi connectivity index (χ1n) is 10.0. The third-order valence-corrected chi connectivity index (χ3v) is 5.88. The van der Waals surface area contributed by atoms with Gasteiger partial charge in [-0.05, 0) is 25.0 Å². The molecule has 7 heteroatoms. The van der Waals surface area contributed by atoms with Crippen molar-refractivity contribution in [3.63, 3.8) is 0 Å². The molecule has 152 valence electrons. The van der Waals surface area contributed by atoms with Crippen molar-refractivity contribution in [1.82, 2.24) is 19.8 Å². The molecular weight excluding hydrogens is 368 g/mol. The number of hydrogen-bond donors (Lipinski definition) is 0. The lowest BCUT2D eigenvalue weighted by atomic mass is 10.0. The van der Waals surface area contributed by atoms with Crippen molar-refractivity contribution in [2.24, 2.45) is 0 Å². The van der Waals surface area contributed by atoms with Gasteiger partial charge in [-0.3, -0.25) is 9.59 Å². The van der Waals surface area contributed by atoms with Gasteiger partial charge in [-0.25, -0.2) is 9.97 Å². The number of likely N-dealkylation sites (tertiary alicyclic amines) is 1. The van der Waals surface area contributed by atoms with Crippen LogP contribution >= 0.6 is 0 Å². The summed E-state index contributed by atoms with van der Waals surface area (Å²) in [5, 5.41) is 0. The number of fused-ring (bicyclic) bond motifs is 1. The number of ether oxygens (including phenoxy) is 1. The normalized spacial score (nSPS) is 18.5. The molecule has 29 heavy (non-hydrogen) atoms. The molecule has 7 nitrogen and oxygen atoms in total. The van der Waals surface area contributed by atoms with Gasteiger partial charge >= 0.3 is 0 Å². The molecule has 2 aromatic rings. The predicted molar refractivity (Wildman–Crippen MR) is 108 cm³/mol. The molecule has 2 amide bonds. The van der Waals surface area contributed by atoms with Gasteiger partial charge in [0, 0.05) is 57.2 Å². The maximum absolute atomic E-state index is 13.1. The Balaban J connectivity index is 1.49. The molecule has 1 saturated heterocycles. The maximum atomic E-state index is 13.1. The quantitative estimate of drug-likeness (QED) is 0.799. The molecule has 2 aliphatic heterocycles. The molecule has 4 rings (SSSR count). The number of carbonyl (C=O) groups is 2. The van der Waals surface area contributed by atoms with Gasteiger partial charge in [0.05, 0.1) is 18.4 Å². The van der Waals surface area contributed by atoms with E-state index < -0.39 is 0 Å². The van der Waals surface area contributed by atoms with Crippen LogP contribution in [0.25, 0.3) is 0 Å². The van der Waals surface area contributed by atoms with E-state index in [4.69, 9.17) is 9.72 Å². The summed E-state index contributed by atoms with van der Waals surface area (Å²) in [6.45, 7) is 6.09. The topological polar surface area (TPSA) is 75.6 Å². The van der Waals surface area contributed by atoms with E-state index in [1.54, 1.807) is 14.0 Å². The zero-order valence-corrected chi connectivity index (χ0v) is 17.1. The summed E-state index contributed by atoms with van der Waals surface area (Å²) >= 11 is 0. The number of nitrogens with zero attached hydrogens (tertiary/aromatic N) is 4. The fourth-order valence-corrected chi connectivity index (χ4v) is 4.21. The molecule has 0 saturated carbocycles. The van der Waals surface area contributed by atoms with Crippen LogP contribution in [0.1, 0.15) is 52.3 Å². The summed E-state index contributed by atoms with van der Waals surface area (Å²) in [7, 11) is 1.60. The Kier molecular flexibility index (Phi) is 5.22. The summed E-state index contributed by atoms with van der Waals surface area (Å²) in [5.74, 6) is 1.64. The van der Waals surface area contributed by atoms with E-state index >= 15 is 0 Å². The van der Waals surface area contributed by atoms with Crippen molar-refractivity contribution in [2.75, 3.05) is 26.7 Å². The number of rotatable bonds is 3. The third-order valence-electron chi connectivity index (χ3n) is 5.88. The number of methoxy groups -OCH3 is 1. The molecule has 0 unspecified atom stereocenters. The molecule has 1 aromatic heterocycles. The number of aryl methyl sites for hydroxylation is 1. The fourth-order valence-electron chi connectivity index (χ4n) is 4.21. The van der Waals surface area contributed by atoms with Crippen LogP contribution in [0.3, 0.4) is 0 Å². The second-order valence-corrected chi connectivity index (χ2v) is 7.78. The first-order chi connectivity index (χ1) is 14.0. The van der Waals surface area contributed by atoms with Gasteiger partial charge in [0.2, 0.25) is 5.91 Å². The number of carbonyl (C=O) groups excluding carboxylic acids is 2. The van der Waals surface area contributed by atoms with Crippen LogP contribution in [0.15, 0.2) is 24.4 Å². The van der Waals surface area contributed by atoms with Crippen molar-refractivity contribution in [2.45, 2.75) is 39.2 Å². The first kappa shape index (κ1) is 19.4. The van der Waals surface area contributed by atoms with Crippen molar-refractivity contribution in [1.29, 1.82) is 0 Å². The minimum atomic E-state index is -0.0110. The Morgan fingerprint density at radius 1 is 1.21 bits per heavy atom. The standard InChI is InChI=1S/C22H26N4O3/c1-14-5-4-6-18(20(14)29-3)22(28)26-9-7-16(12-26)21-23-11-17-13-25(15(2)27)10-8-19(17)24-21/h4-6,11,16H,7-10,12-13H2,1-3H3/t16-/m0/s1. The van der Waals surface area contributed by atoms with E-state index in [2.05, 4.69) is 4.98 Å². The highest BCUT2D eigenvalue weighted by Crippen LogP contribution is 2.30. The number of aromatic nitrogens is 2. The van der Waals surface area contributed by atoms with E-state index in [0.717, 1.165) is 35.5 Å². The van der Waals surface area contributed by atoms with Gasteiger partial charge in [0.25, 0.3) is 5.91 Å². The summed E-state index contributed by atoms with van der Waals surface area (Å²) in [4.78, 5) is 37.7. The summed E-state index contributed by atoms with van der Waals surface area (Å²) in [5.41, 5.74) is 3.60. The van der Waals surface area contributed by atoms with E-state index in [1.807, 2.05) is 41.1 Å². The SMILES string of the molecule is COc1c(C)cccc1C(=O)N1CC[C@H](c2ncc3c(n2)CCN(C(C)=O)C3)C1. The third kappa shape index (κ3) is 3.69. The molecule has 0 aliphatic carbocycles. The van der Waals surface area contributed by atoms with Crippen molar-refractivity contribution in [3.8, 4) is 5.75 Å². The number of hydrogen-bond acceptors (Lipinski definition) is 5. The van der Waals surface area contributed by atoms with Crippen LogP contribution in [0.4, 0.5) is 0 Å². The van der Waals surface area contributed by atoms with Gasteiger partial charge in [-0.15, -0.1) is 0 Å². The molecule has 1 aromatic carbocycles. The summed E-state index contributed by atoms with van der Waals surface area (Å²) < 4.78 is 5.46. The average molecular weight is 394 g/mol. The lowest BCUT2D eigenvalue weighted by molar-refractivity contribution is -0.129. The molecule has 3 heterocycles. The van der Waals surface area contributed by atoms with Crippen molar-refractivity contribution < 1.29 is 14.3 Å². The van der Waals surface area contributed by atoms with Gasteiger partial charge in [0.1, 0.15) is 11.6 Å². The largest absolute Gasteiger partial charge is 0.496 e. The molecule has 0 bridgehead atoms. The molecule has 1 fully saturated rings. The van der Waals surface area contributed by atoms with Crippen LogP contribution in [-0.2, 0) is 17.8 Å². The van der Waals surface area contributed by atoms with Crippen LogP contribution in [-0.4, -0.2) is 58.3 Å². The van der Waals surface area contributed by atoms with E-state index in [0.29, 0.717) is 37.5 Å². The highest BCUT2D eigenvalue weighted by Gasteiger charge is 2.32. The Hall–Kier alpha value is -2.96. The van der Waals surface area contributed by atoms with Gasteiger partial charge < -0.3 is 14.5 Å². The zero-order chi connectivity index (χ0) is 20.5. The Bertz CT molecular complexity index is 959. The monoisotopic (exact) mass is 394 g/mol. The zero-order valence-electron chi connectivity index (χ0n) is 17.1. The first-order valence-corrected chi connectivity index (χ1v) is 10.0. The Labute approximate surface area is 170 Å². The molecule has 0 spiro atoms. The van der Waals surface area contributed by atoms with Gasteiger partial charge in [-0.2, -0.15) is 0 Å². The fraction of sp³-hybridized carbons (Fsp3) is 0.455. The number of benzene rings is 1. The van der Waals surface area contributed by atoms with E-state index in [-0.39, 0.29) is 17.7 Å². The van der Waals surface area contributed by atoms with Crippen molar-refractivity contribution in [3.05, 3.63) is 52.6 Å². The second-order valence-electron chi connectivity index (χ2n) is 7.78. The van der Waals surface area contributed by atoms with Crippen molar-refractivity contribution >= 4 is 11.8 Å². The maximum Gasteiger partial charge on any atom is 0.257 e. The summed E-state index contributed by atoms with van der Waals surface area (Å²) in [6.07, 6.45) is 3.44. The minimum absolute atomic E-state index is 0.0110. The number of amides is 2. The minimum Gasteiger partial charge on any atom is -0.496 e. The molecular formula is C22H26N4O3. The van der Waals surface area contributed by atoms with Crippen LogP contribution in [0, 0.1) is 6.92 Å². The molecule has 0 N–H and O–H groups in total. The van der Waals surface area contributed by atoms with Crippen LogP contribution in [0.2, 0.25) is 0 Å². The second kappa shape index (κ2) is 7.81. The smallest absolute Gasteiger partial charge is 0.257 e. The highest BCUT2D eigenvalue weighted by molar-refractivity contribution is 5.97. The average Bonchev–Trinajstić information content (AvgIpc) is 3.22. The van der Waals surface area contributed by atoms with Crippen LogP contribution < -0.4 is 4.74 Å². The lowest BCUT2D eigenvalue weighted by Crippen LogP contribution is -2.35. The van der Waals surface area contributed by atoms with E-state index in [9.17, 15) is 9.59 Å². The van der Waals surface area contributed by atoms with Gasteiger partial charge in [0.15, 0.2) is 0 Å². The Morgan fingerprint density at radius 3 is 2.79 bits per heavy atom. The van der Waals surface area contributed by atoms with Gasteiger partial charge in [-0.1, -0.05) is 12.1 Å². The summed E-state index contributed by atoms with van der Waals surface area (Å²) in [6, 6.07) is 5.64. The lowest BCUT2D eigenvalue weighted by Gasteiger charge is -2.27. The number of para-hydroxylation sites is 1. The highest BCUT2D eigenvalue weighted by atomic mass is 16.5. The Morgan fingerprint density at radius 2 is 2.03 bits per heavy atom.